The van der Waals surface area contributed by atoms with Gasteiger partial charge in [-0.3, -0.25) is 0 Å². The van der Waals surface area contributed by atoms with E-state index in [9.17, 15) is 4.79 Å². The molecule has 4 heteroatoms. The molecule has 0 aliphatic carbocycles. The van der Waals surface area contributed by atoms with Crippen LogP contribution in [0.4, 0.5) is 0 Å². The number of hydrogen-bond acceptors (Lipinski definition) is 3. The van der Waals surface area contributed by atoms with E-state index >= 15 is 0 Å². The number of carbonyl (C=O) groups excluding carboxylic acids is 1. The van der Waals surface area contributed by atoms with Crippen LogP contribution in [0.15, 0.2) is 66.7 Å². The number of nitrogens with one attached hydrogen (secondary N) is 1. The predicted octanol–water partition coefficient (Wildman–Crippen LogP) is 5.56. The van der Waals surface area contributed by atoms with Crippen LogP contribution in [0.2, 0.25) is 0 Å². The van der Waals surface area contributed by atoms with Crippen LogP contribution in [0.5, 0.6) is 0 Å². The zero-order chi connectivity index (χ0) is 20.2. The number of carbonyl (C=O) groups is 1. The summed E-state index contributed by atoms with van der Waals surface area (Å²) in [7, 11) is 0. The number of imidazole rings is 1. The summed E-state index contributed by atoms with van der Waals surface area (Å²) < 4.78 is 5.21. The second-order valence-electron chi connectivity index (χ2n) is 7.03. The van der Waals surface area contributed by atoms with Crippen LogP contribution in [-0.2, 0) is 17.6 Å². The Bertz CT molecular complexity index is 1130. The predicted molar refractivity (Wildman–Crippen MR) is 116 cm³/mol. The van der Waals surface area contributed by atoms with Gasteiger partial charge in [0.25, 0.3) is 0 Å². The van der Waals surface area contributed by atoms with Crippen LogP contribution >= 0.6 is 0 Å². The van der Waals surface area contributed by atoms with Crippen molar-refractivity contribution in [2.24, 2.45) is 0 Å². The Morgan fingerprint density at radius 3 is 2.38 bits per heavy atom. The molecule has 4 rings (SSSR count). The summed E-state index contributed by atoms with van der Waals surface area (Å²) in [5.41, 5.74) is 6.94. The zero-order valence-corrected chi connectivity index (χ0v) is 16.7. The van der Waals surface area contributed by atoms with Gasteiger partial charge >= 0.3 is 5.97 Å². The summed E-state index contributed by atoms with van der Waals surface area (Å²) in [6, 6.07) is 22.6. The minimum absolute atomic E-state index is 0.303. The Kier molecular flexibility index (Phi) is 5.43. The quantitative estimate of drug-likeness (QED) is 0.443. The molecular formula is C25H24N2O2. The second-order valence-corrected chi connectivity index (χ2v) is 7.03. The van der Waals surface area contributed by atoms with Gasteiger partial charge in [0.15, 0.2) is 0 Å². The third-order valence-electron chi connectivity index (χ3n) is 5.02. The number of benzene rings is 3. The van der Waals surface area contributed by atoms with Crippen molar-refractivity contribution < 1.29 is 9.53 Å². The normalized spacial score (nSPS) is 11.0. The lowest BCUT2D eigenvalue weighted by molar-refractivity contribution is 0.0526. The third kappa shape index (κ3) is 4.06. The number of fused-ring (bicyclic) bond motifs is 1. The number of H-pyrrole nitrogens is 1. The molecule has 29 heavy (non-hydrogen) atoms. The number of rotatable bonds is 6. The van der Waals surface area contributed by atoms with Gasteiger partial charge in [-0.2, -0.15) is 0 Å². The number of esters is 1. The number of ether oxygens (including phenoxy) is 1. The second kappa shape index (κ2) is 8.31. The maximum Gasteiger partial charge on any atom is 0.338 e. The Morgan fingerprint density at radius 1 is 0.966 bits per heavy atom. The van der Waals surface area contributed by atoms with Gasteiger partial charge in [-0.05, 0) is 47.7 Å². The van der Waals surface area contributed by atoms with Crippen LogP contribution in [0.1, 0.15) is 41.2 Å². The first kappa shape index (κ1) is 18.9. The molecule has 0 radical (unpaired) electrons. The number of aryl methyl sites for hydroxylation is 1. The highest BCUT2D eigenvalue weighted by Crippen LogP contribution is 2.25. The number of aromatic nitrogens is 2. The van der Waals surface area contributed by atoms with Crippen LogP contribution in [0.3, 0.4) is 0 Å². The van der Waals surface area contributed by atoms with E-state index in [-0.39, 0.29) is 5.97 Å². The van der Waals surface area contributed by atoms with Crippen molar-refractivity contribution in [3.63, 3.8) is 0 Å². The molecule has 0 amide bonds. The van der Waals surface area contributed by atoms with Gasteiger partial charge in [-0.1, -0.05) is 61.5 Å². The van der Waals surface area contributed by atoms with Crippen LogP contribution in [0.25, 0.3) is 22.2 Å². The molecule has 1 aromatic heterocycles. The largest absolute Gasteiger partial charge is 0.462 e. The van der Waals surface area contributed by atoms with E-state index in [2.05, 4.69) is 48.3 Å². The van der Waals surface area contributed by atoms with E-state index < -0.39 is 0 Å². The SMILES string of the molecule is CCOC(=O)c1cc(Cc2ccc(-c3ccccc3)cc2)c2nc(CC)[nH]c2c1. The molecule has 0 aliphatic heterocycles. The number of nitrogens with zero attached hydrogens (tertiary/aromatic N) is 1. The van der Waals surface area contributed by atoms with Crippen molar-refractivity contribution in [3.8, 4) is 11.1 Å². The van der Waals surface area contributed by atoms with E-state index in [0.717, 1.165) is 28.8 Å². The lowest BCUT2D eigenvalue weighted by Crippen LogP contribution is -2.05. The first-order chi connectivity index (χ1) is 14.2. The van der Waals surface area contributed by atoms with Crippen molar-refractivity contribution >= 4 is 17.0 Å². The molecule has 0 aliphatic rings. The molecule has 0 saturated heterocycles. The fourth-order valence-electron chi connectivity index (χ4n) is 3.54. The van der Waals surface area contributed by atoms with Crippen LogP contribution in [-0.4, -0.2) is 22.5 Å². The lowest BCUT2D eigenvalue weighted by Gasteiger charge is -2.08. The van der Waals surface area contributed by atoms with Crippen molar-refractivity contribution in [1.29, 1.82) is 0 Å². The highest BCUT2D eigenvalue weighted by Gasteiger charge is 2.15. The monoisotopic (exact) mass is 384 g/mol. The van der Waals surface area contributed by atoms with Crippen molar-refractivity contribution in [3.05, 3.63) is 89.2 Å². The lowest BCUT2D eigenvalue weighted by atomic mass is 9.98. The standard InChI is InChI=1S/C25H24N2O2/c1-3-23-26-22-16-21(25(28)29-4-2)15-20(24(22)27-23)14-17-10-12-19(13-11-17)18-8-6-5-7-9-18/h5-13,15-16H,3-4,14H2,1-2H3,(H,26,27). The minimum Gasteiger partial charge on any atom is -0.462 e. The summed E-state index contributed by atoms with van der Waals surface area (Å²) in [5, 5.41) is 0. The maximum atomic E-state index is 12.3. The molecule has 0 atom stereocenters. The topological polar surface area (TPSA) is 55.0 Å². The summed E-state index contributed by atoms with van der Waals surface area (Å²) in [4.78, 5) is 20.4. The molecule has 0 spiro atoms. The molecule has 0 bridgehead atoms. The molecule has 0 fully saturated rings. The number of aromatic amines is 1. The van der Waals surface area contributed by atoms with E-state index in [4.69, 9.17) is 9.72 Å². The van der Waals surface area contributed by atoms with Crippen LogP contribution < -0.4 is 0 Å². The molecule has 4 aromatic rings. The first-order valence-corrected chi connectivity index (χ1v) is 10.0. The van der Waals surface area contributed by atoms with E-state index in [1.54, 1.807) is 0 Å². The average molecular weight is 384 g/mol. The summed E-state index contributed by atoms with van der Waals surface area (Å²) in [6.45, 7) is 4.24. The molecule has 1 N–H and O–H groups in total. The van der Waals surface area contributed by atoms with Gasteiger partial charge in [0.05, 0.1) is 23.2 Å². The molecule has 146 valence electrons. The Balaban J connectivity index is 1.69. The molecule has 4 nitrogen and oxygen atoms in total. The van der Waals surface area contributed by atoms with Gasteiger partial charge in [0.2, 0.25) is 0 Å². The van der Waals surface area contributed by atoms with E-state index in [0.29, 0.717) is 18.6 Å². The smallest absolute Gasteiger partial charge is 0.338 e. The first-order valence-electron chi connectivity index (χ1n) is 10.0. The average Bonchev–Trinajstić information content (AvgIpc) is 3.19. The fraction of sp³-hybridized carbons (Fsp3) is 0.200. The van der Waals surface area contributed by atoms with Crippen molar-refractivity contribution in [2.75, 3.05) is 6.61 Å². The third-order valence-corrected chi connectivity index (χ3v) is 5.02. The van der Waals surface area contributed by atoms with Crippen LogP contribution in [0, 0.1) is 0 Å². The van der Waals surface area contributed by atoms with E-state index in [1.165, 1.54) is 16.7 Å². The molecular weight excluding hydrogens is 360 g/mol. The minimum atomic E-state index is -0.303. The highest BCUT2D eigenvalue weighted by atomic mass is 16.5. The fourth-order valence-corrected chi connectivity index (χ4v) is 3.54. The molecule has 0 unspecified atom stereocenters. The van der Waals surface area contributed by atoms with Gasteiger partial charge in [-0.25, -0.2) is 9.78 Å². The Labute approximate surface area is 170 Å². The van der Waals surface area contributed by atoms with Crippen molar-refractivity contribution in [1.82, 2.24) is 9.97 Å². The zero-order valence-electron chi connectivity index (χ0n) is 16.7. The summed E-state index contributed by atoms with van der Waals surface area (Å²) in [6.07, 6.45) is 1.52. The van der Waals surface area contributed by atoms with Gasteiger partial charge in [0, 0.05) is 6.42 Å². The summed E-state index contributed by atoms with van der Waals surface area (Å²) >= 11 is 0. The highest BCUT2D eigenvalue weighted by molar-refractivity contribution is 5.95. The maximum absolute atomic E-state index is 12.3. The van der Waals surface area contributed by atoms with Crippen molar-refractivity contribution in [2.45, 2.75) is 26.7 Å². The summed E-state index contributed by atoms with van der Waals surface area (Å²) in [5.74, 6) is 0.615. The van der Waals surface area contributed by atoms with E-state index in [1.807, 2.05) is 37.3 Å². The van der Waals surface area contributed by atoms with Gasteiger partial charge < -0.3 is 9.72 Å². The Morgan fingerprint density at radius 2 is 1.69 bits per heavy atom. The van der Waals surface area contributed by atoms with Gasteiger partial charge in [-0.15, -0.1) is 0 Å². The van der Waals surface area contributed by atoms with Gasteiger partial charge in [0.1, 0.15) is 5.82 Å². The molecule has 0 saturated carbocycles. The number of hydrogen-bond donors (Lipinski definition) is 1. The Hall–Kier alpha value is -3.40. The molecule has 1 heterocycles. The molecule has 3 aromatic carbocycles.